The zero-order valence-electron chi connectivity index (χ0n) is 14.0. The highest BCUT2D eigenvalue weighted by atomic mass is 35.5. The second-order valence-electron chi connectivity index (χ2n) is 4.87. The molecule has 0 unspecified atom stereocenters. The van der Waals surface area contributed by atoms with Gasteiger partial charge in [0.25, 0.3) is 5.91 Å². The molecule has 2 aromatic heterocycles. The first kappa shape index (κ1) is 23.4. The third-order valence-electron chi connectivity index (χ3n) is 3.09. The molecule has 2 rings (SSSR count). The first-order chi connectivity index (χ1) is 11.1. The molecule has 0 atom stereocenters. The Bertz CT molecular complexity index is 675. The molecule has 0 saturated carbocycles. The van der Waals surface area contributed by atoms with Crippen molar-refractivity contribution in [2.24, 2.45) is 0 Å². The fourth-order valence-electron chi connectivity index (χ4n) is 1.92. The van der Waals surface area contributed by atoms with Gasteiger partial charge in [-0.2, -0.15) is 0 Å². The second-order valence-corrected chi connectivity index (χ2v) is 5.73. The lowest BCUT2D eigenvalue weighted by Gasteiger charge is -2.04. The summed E-state index contributed by atoms with van der Waals surface area (Å²) < 4.78 is 5.10. The largest absolute Gasteiger partial charge is 0.469 e. The Balaban J connectivity index is 0.00000288. The summed E-state index contributed by atoms with van der Waals surface area (Å²) in [5.74, 6) is 0.198. The van der Waals surface area contributed by atoms with Gasteiger partial charge in [-0.3, -0.25) is 14.9 Å². The number of carbonyl (C=O) groups is 2. The van der Waals surface area contributed by atoms with Crippen molar-refractivity contribution >= 4 is 53.1 Å². The van der Waals surface area contributed by atoms with Gasteiger partial charge in [-0.25, -0.2) is 4.98 Å². The molecule has 7 nitrogen and oxygen atoms in total. The van der Waals surface area contributed by atoms with E-state index in [0.29, 0.717) is 28.7 Å². The Morgan fingerprint density at radius 2 is 2.04 bits per heavy atom. The maximum absolute atomic E-state index is 12.0. The highest BCUT2D eigenvalue weighted by molar-refractivity contribution is 7.14. The molecule has 0 saturated heterocycles. The van der Waals surface area contributed by atoms with Crippen LogP contribution in [0.25, 0.3) is 0 Å². The zero-order chi connectivity index (χ0) is 16.7. The zero-order valence-corrected chi connectivity index (χ0v) is 16.4. The van der Waals surface area contributed by atoms with Crippen LogP contribution in [0, 0.1) is 6.92 Å². The summed E-state index contributed by atoms with van der Waals surface area (Å²) in [6, 6.07) is 1.61. The Labute approximate surface area is 162 Å². The minimum Gasteiger partial charge on any atom is -0.469 e. The smallest absolute Gasteiger partial charge is 0.260 e. The van der Waals surface area contributed by atoms with Crippen molar-refractivity contribution in [1.29, 1.82) is 0 Å². The minimum atomic E-state index is -0.271. The van der Waals surface area contributed by atoms with Gasteiger partial charge in [0.05, 0.1) is 23.9 Å². The molecule has 10 heteroatoms. The number of nitrogens with zero attached hydrogens (tertiary/aromatic N) is 1. The van der Waals surface area contributed by atoms with Crippen LogP contribution in [0.4, 0.5) is 5.13 Å². The summed E-state index contributed by atoms with van der Waals surface area (Å²) in [5.41, 5.74) is 1.11. The van der Waals surface area contributed by atoms with Crippen molar-refractivity contribution in [3.8, 4) is 0 Å². The van der Waals surface area contributed by atoms with E-state index in [2.05, 4.69) is 20.9 Å². The summed E-state index contributed by atoms with van der Waals surface area (Å²) in [5, 5.41) is 10.9. The van der Waals surface area contributed by atoms with Crippen LogP contribution in [0.15, 0.2) is 22.1 Å². The van der Waals surface area contributed by atoms with E-state index in [4.69, 9.17) is 4.42 Å². The highest BCUT2D eigenvalue weighted by Crippen LogP contribution is 2.18. The lowest BCUT2D eigenvalue weighted by molar-refractivity contribution is -0.120. The quantitative estimate of drug-likeness (QED) is 0.582. The number of furan rings is 1. The van der Waals surface area contributed by atoms with E-state index in [1.165, 1.54) is 17.6 Å². The molecule has 0 spiro atoms. The van der Waals surface area contributed by atoms with Gasteiger partial charge in [0.15, 0.2) is 5.13 Å². The fraction of sp³-hybridized carbons (Fsp3) is 0.400. The highest BCUT2D eigenvalue weighted by Gasteiger charge is 2.14. The average molecular weight is 409 g/mol. The molecule has 3 N–H and O–H groups in total. The number of rotatable bonds is 8. The number of likely N-dealkylation sites (N-methyl/N-ethyl adjacent to an activating group) is 1. The molecular formula is C15H22Cl2N4O3S. The molecule has 2 heterocycles. The standard InChI is InChI=1S/C15H20N4O3S.2ClH/c1-3-16-5-6-17-13(20)8-11-9-23-15(18-11)19-14(21)12-4-7-22-10(12)2;;/h4,7,9,16H,3,5-6,8H2,1-2H3,(H,17,20)(H,18,19,21);2*1H. The van der Waals surface area contributed by atoms with E-state index in [1.807, 2.05) is 6.92 Å². The fourth-order valence-corrected chi connectivity index (χ4v) is 2.63. The van der Waals surface area contributed by atoms with Gasteiger partial charge in [0.1, 0.15) is 5.76 Å². The van der Waals surface area contributed by atoms with E-state index in [-0.39, 0.29) is 43.0 Å². The number of carbonyl (C=O) groups excluding carboxylic acids is 2. The van der Waals surface area contributed by atoms with Crippen LogP contribution >= 0.6 is 36.2 Å². The normalized spacial score (nSPS) is 9.68. The van der Waals surface area contributed by atoms with Gasteiger partial charge in [-0.1, -0.05) is 6.92 Å². The van der Waals surface area contributed by atoms with Crippen LogP contribution in [0.5, 0.6) is 0 Å². The molecule has 2 aromatic rings. The van der Waals surface area contributed by atoms with Crippen molar-refractivity contribution < 1.29 is 14.0 Å². The Morgan fingerprint density at radius 3 is 2.68 bits per heavy atom. The Kier molecular flexibility index (Phi) is 11.1. The molecule has 0 aliphatic carbocycles. The minimum absolute atomic E-state index is 0. The molecule has 0 fully saturated rings. The number of hydrogen-bond acceptors (Lipinski definition) is 6. The van der Waals surface area contributed by atoms with Gasteiger partial charge in [-0.15, -0.1) is 36.2 Å². The lowest BCUT2D eigenvalue weighted by Crippen LogP contribution is -2.32. The van der Waals surface area contributed by atoms with Gasteiger partial charge >= 0.3 is 0 Å². The van der Waals surface area contributed by atoms with E-state index in [1.54, 1.807) is 18.4 Å². The number of anilines is 1. The van der Waals surface area contributed by atoms with Crippen LogP contribution in [0.3, 0.4) is 0 Å². The lowest BCUT2D eigenvalue weighted by atomic mass is 10.2. The van der Waals surface area contributed by atoms with Crippen LogP contribution < -0.4 is 16.0 Å². The number of thiazole rings is 1. The molecule has 0 aromatic carbocycles. The van der Waals surface area contributed by atoms with Gasteiger partial charge in [0, 0.05) is 18.5 Å². The summed E-state index contributed by atoms with van der Waals surface area (Å²) in [7, 11) is 0. The van der Waals surface area contributed by atoms with Gasteiger partial charge in [-0.05, 0) is 19.5 Å². The molecule has 25 heavy (non-hydrogen) atoms. The first-order valence-electron chi connectivity index (χ1n) is 7.37. The number of halogens is 2. The van der Waals surface area contributed by atoms with Gasteiger partial charge < -0.3 is 15.1 Å². The molecule has 0 bridgehead atoms. The predicted molar refractivity (Wildman–Crippen MR) is 103 cm³/mol. The molecule has 0 aliphatic heterocycles. The Morgan fingerprint density at radius 1 is 1.28 bits per heavy atom. The van der Waals surface area contributed by atoms with Crippen molar-refractivity contribution in [3.05, 3.63) is 34.7 Å². The van der Waals surface area contributed by atoms with E-state index in [9.17, 15) is 9.59 Å². The number of aromatic nitrogens is 1. The van der Waals surface area contributed by atoms with Crippen LogP contribution in [0.2, 0.25) is 0 Å². The van der Waals surface area contributed by atoms with E-state index >= 15 is 0 Å². The SMILES string of the molecule is CCNCCNC(=O)Cc1csc(NC(=O)c2ccoc2C)n1.Cl.Cl. The van der Waals surface area contributed by atoms with Crippen molar-refractivity contribution in [1.82, 2.24) is 15.6 Å². The van der Waals surface area contributed by atoms with Crippen molar-refractivity contribution in [2.75, 3.05) is 25.0 Å². The van der Waals surface area contributed by atoms with Crippen molar-refractivity contribution in [3.63, 3.8) is 0 Å². The maximum Gasteiger partial charge on any atom is 0.260 e. The van der Waals surface area contributed by atoms with Crippen LogP contribution in [-0.2, 0) is 11.2 Å². The van der Waals surface area contributed by atoms with Crippen molar-refractivity contribution in [2.45, 2.75) is 20.3 Å². The van der Waals surface area contributed by atoms with Crippen LogP contribution in [-0.4, -0.2) is 36.4 Å². The monoisotopic (exact) mass is 408 g/mol. The topological polar surface area (TPSA) is 96.3 Å². The maximum atomic E-state index is 12.0. The van der Waals surface area contributed by atoms with E-state index in [0.717, 1.165) is 13.1 Å². The molecule has 2 amide bonds. The Hall–Kier alpha value is -1.61. The molecule has 0 aliphatic rings. The van der Waals surface area contributed by atoms with E-state index < -0.39 is 0 Å². The second kappa shape index (κ2) is 11.9. The number of hydrogen-bond donors (Lipinski definition) is 3. The predicted octanol–water partition coefficient (Wildman–Crippen LogP) is 2.41. The van der Waals surface area contributed by atoms with Gasteiger partial charge in [0.2, 0.25) is 5.91 Å². The third kappa shape index (κ3) is 7.43. The summed E-state index contributed by atoms with van der Waals surface area (Å²) in [4.78, 5) is 28.1. The number of nitrogens with one attached hydrogen (secondary N) is 3. The summed E-state index contributed by atoms with van der Waals surface area (Å²) in [6.07, 6.45) is 1.67. The molecular weight excluding hydrogens is 387 g/mol. The molecule has 140 valence electrons. The van der Waals surface area contributed by atoms with Crippen LogP contribution in [0.1, 0.15) is 28.7 Å². The number of amides is 2. The first-order valence-corrected chi connectivity index (χ1v) is 8.25. The third-order valence-corrected chi connectivity index (χ3v) is 3.90. The molecule has 0 radical (unpaired) electrons. The summed E-state index contributed by atoms with van der Waals surface area (Å²) in [6.45, 7) is 5.93. The average Bonchev–Trinajstić information content (AvgIpc) is 3.12. The number of aryl methyl sites for hydroxylation is 1. The summed E-state index contributed by atoms with van der Waals surface area (Å²) >= 11 is 1.29.